The van der Waals surface area contributed by atoms with E-state index < -0.39 is 0 Å². The Balaban J connectivity index is 2.28. The molecule has 1 aliphatic rings. The molecule has 0 saturated carbocycles. The van der Waals surface area contributed by atoms with Crippen molar-refractivity contribution < 1.29 is 9.90 Å². The highest BCUT2D eigenvalue weighted by Crippen LogP contribution is 2.17. The second-order valence-electron chi connectivity index (χ2n) is 5.43. The molecule has 0 aromatic carbocycles. The van der Waals surface area contributed by atoms with Crippen LogP contribution in [0.4, 0.5) is 4.79 Å². The Morgan fingerprint density at radius 3 is 2.89 bits per heavy atom. The van der Waals surface area contributed by atoms with E-state index >= 15 is 0 Å². The molecule has 0 aromatic rings. The molecule has 0 radical (unpaired) electrons. The van der Waals surface area contributed by atoms with E-state index in [0.29, 0.717) is 18.5 Å². The fraction of sp³-hybridized carbons (Fsp3) is 0.923. The molecule has 0 aliphatic carbocycles. The van der Waals surface area contributed by atoms with Crippen LogP contribution in [0.5, 0.6) is 0 Å². The molecule has 0 bridgehead atoms. The summed E-state index contributed by atoms with van der Waals surface area (Å²) in [6, 6.07) is 0.492. The summed E-state index contributed by atoms with van der Waals surface area (Å²) in [7, 11) is 1.70. The van der Waals surface area contributed by atoms with Gasteiger partial charge in [-0.2, -0.15) is 0 Å². The molecule has 2 N–H and O–H groups in total. The molecule has 1 unspecified atom stereocenters. The van der Waals surface area contributed by atoms with Crippen molar-refractivity contribution in [3.8, 4) is 0 Å². The number of nitrogens with zero attached hydrogens (tertiary/aromatic N) is 2. The van der Waals surface area contributed by atoms with Crippen LogP contribution in [0.2, 0.25) is 0 Å². The van der Waals surface area contributed by atoms with Crippen molar-refractivity contribution in [2.75, 3.05) is 39.8 Å². The molecule has 0 aromatic heterocycles. The molecule has 0 spiro atoms. The number of carbonyl (C=O) groups is 1. The summed E-state index contributed by atoms with van der Waals surface area (Å²) in [5, 5.41) is 11.7. The van der Waals surface area contributed by atoms with Crippen LogP contribution in [-0.2, 0) is 0 Å². The molecule has 5 heteroatoms. The second kappa shape index (κ2) is 7.59. The third kappa shape index (κ3) is 4.82. The normalized spacial score (nSPS) is 21.1. The van der Waals surface area contributed by atoms with Gasteiger partial charge in [0.1, 0.15) is 0 Å². The van der Waals surface area contributed by atoms with Crippen molar-refractivity contribution >= 4 is 6.03 Å². The van der Waals surface area contributed by atoms with Crippen LogP contribution < -0.4 is 5.32 Å². The summed E-state index contributed by atoms with van der Waals surface area (Å²) < 4.78 is 0. The van der Waals surface area contributed by atoms with Crippen LogP contribution >= 0.6 is 0 Å². The SMILES string of the molecule is CC(C)N1CCCC(CNC(=O)N(C)CCO)C1. The Hall–Kier alpha value is -0.810. The van der Waals surface area contributed by atoms with E-state index in [0.717, 1.165) is 13.1 Å². The summed E-state index contributed by atoms with van der Waals surface area (Å²) in [4.78, 5) is 15.7. The maximum Gasteiger partial charge on any atom is 0.317 e. The Kier molecular flexibility index (Phi) is 6.43. The number of piperidine rings is 1. The molecule has 106 valence electrons. The van der Waals surface area contributed by atoms with Gasteiger partial charge in [-0.05, 0) is 39.2 Å². The smallest absolute Gasteiger partial charge is 0.317 e. The van der Waals surface area contributed by atoms with Crippen LogP contribution in [0, 0.1) is 5.92 Å². The van der Waals surface area contributed by atoms with E-state index in [1.54, 1.807) is 7.05 Å². The van der Waals surface area contributed by atoms with Gasteiger partial charge < -0.3 is 20.2 Å². The van der Waals surface area contributed by atoms with Crippen molar-refractivity contribution in [1.29, 1.82) is 0 Å². The van der Waals surface area contributed by atoms with Crippen LogP contribution in [0.25, 0.3) is 0 Å². The van der Waals surface area contributed by atoms with Crippen molar-refractivity contribution in [1.82, 2.24) is 15.1 Å². The van der Waals surface area contributed by atoms with Gasteiger partial charge in [0.2, 0.25) is 0 Å². The molecule has 1 heterocycles. The fourth-order valence-electron chi connectivity index (χ4n) is 2.35. The van der Waals surface area contributed by atoms with Gasteiger partial charge >= 0.3 is 6.03 Å². The van der Waals surface area contributed by atoms with E-state index in [2.05, 4.69) is 24.1 Å². The standard InChI is InChI=1S/C13H27N3O2/c1-11(2)16-6-4-5-12(10-16)9-14-13(18)15(3)7-8-17/h11-12,17H,4-10H2,1-3H3,(H,14,18). The third-order valence-electron chi connectivity index (χ3n) is 3.60. The van der Waals surface area contributed by atoms with Crippen LogP contribution in [-0.4, -0.2) is 66.8 Å². The van der Waals surface area contributed by atoms with Crippen molar-refractivity contribution in [3.05, 3.63) is 0 Å². The van der Waals surface area contributed by atoms with Crippen molar-refractivity contribution in [2.24, 2.45) is 5.92 Å². The molecule has 1 saturated heterocycles. The van der Waals surface area contributed by atoms with Gasteiger partial charge in [-0.25, -0.2) is 4.79 Å². The highest BCUT2D eigenvalue weighted by molar-refractivity contribution is 5.73. The number of hydrogen-bond donors (Lipinski definition) is 2. The summed E-state index contributed by atoms with van der Waals surface area (Å²) >= 11 is 0. The minimum atomic E-state index is -0.0919. The maximum atomic E-state index is 11.7. The Bertz CT molecular complexity index is 259. The van der Waals surface area contributed by atoms with Crippen LogP contribution in [0.1, 0.15) is 26.7 Å². The lowest BCUT2D eigenvalue weighted by molar-refractivity contribution is 0.136. The number of likely N-dealkylation sites (N-methyl/N-ethyl adjacent to an activating group) is 1. The van der Waals surface area contributed by atoms with Crippen molar-refractivity contribution in [2.45, 2.75) is 32.7 Å². The predicted octanol–water partition coefficient (Wildman–Crippen LogP) is 0.740. The Morgan fingerprint density at radius 1 is 1.56 bits per heavy atom. The number of aliphatic hydroxyl groups excluding tert-OH is 1. The number of likely N-dealkylation sites (tertiary alicyclic amines) is 1. The quantitative estimate of drug-likeness (QED) is 0.764. The van der Waals surface area contributed by atoms with Gasteiger partial charge in [0.25, 0.3) is 0 Å². The molecular formula is C13H27N3O2. The first-order chi connectivity index (χ1) is 8.54. The Morgan fingerprint density at radius 2 is 2.28 bits per heavy atom. The number of carbonyl (C=O) groups excluding carboxylic acids is 1. The number of amides is 2. The van der Waals surface area contributed by atoms with E-state index in [-0.39, 0.29) is 12.6 Å². The zero-order valence-corrected chi connectivity index (χ0v) is 11.9. The number of aliphatic hydroxyl groups is 1. The van der Waals surface area contributed by atoms with Crippen LogP contribution in [0.15, 0.2) is 0 Å². The second-order valence-corrected chi connectivity index (χ2v) is 5.43. The summed E-state index contributed by atoms with van der Waals surface area (Å²) in [5.41, 5.74) is 0. The largest absolute Gasteiger partial charge is 0.395 e. The zero-order valence-electron chi connectivity index (χ0n) is 11.9. The van der Waals surface area contributed by atoms with E-state index in [4.69, 9.17) is 5.11 Å². The van der Waals surface area contributed by atoms with Gasteiger partial charge in [0.15, 0.2) is 0 Å². The fourth-order valence-corrected chi connectivity index (χ4v) is 2.35. The molecule has 2 amide bonds. The van der Waals surface area contributed by atoms with Gasteiger partial charge in [-0.15, -0.1) is 0 Å². The average Bonchev–Trinajstić information content (AvgIpc) is 2.36. The summed E-state index contributed by atoms with van der Waals surface area (Å²) in [6.07, 6.45) is 2.40. The zero-order chi connectivity index (χ0) is 13.5. The van der Waals surface area contributed by atoms with Gasteiger partial charge in [0.05, 0.1) is 6.61 Å². The van der Waals surface area contributed by atoms with Gasteiger partial charge in [0, 0.05) is 32.7 Å². The number of hydrogen-bond acceptors (Lipinski definition) is 3. The molecule has 1 fully saturated rings. The number of rotatable bonds is 5. The summed E-state index contributed by atoms with van der Waals surface area (Å²) in [6.45, 7) is 7.81. The first-order valence-corrected chi connectivity index (χ1v) is 6.88. The lowest BCUT2D eigenvalue weighted by Crippen LogP contribution is -2.46. The lowest BCUT2D eigenvalue weighted by atomic mass is 9.97. The lowest BCUT2D eigenvalue weighted by Gasteiger charge is -2.35. The third-order valence-corrected chi connectivity index (χ3v) is 3.60. The number of urea groups is 1. The maximum absolute atomic E-state index is 11.7. The number of nitrogens with one attached hydrogen (secondary N) is 1. The highest BCUT2D eigenvalue weighted by atomic mass is 16.3. The molecule has 1 rings (SSSR count). The first kappa shape index (κ1) is 15.2. The minimum absolute atomic E-state index is 0.00841. The van der Waals surface area contributed by atoms with Gasteiger partial charge in [-0.3, -0.25) is 0 Å². The van der Waals surface area contributed by atoms with Crippen molar-refractivity contribution in [3.63, 3.8) is 0 Å². The minimum Gasteiger partial charge on any atom is -0.395 e. The highest BCUT2D eigenvalue weighted by Gasteiger charge is 2.22. The first-order valence-electron chi connectivity index (χ1n) is 6.88. The predicted molar refractivity (Wildman–Crippen MR) is 72.5 cm³/mol. The monoisotopic (exact) mass is 257 g/mol. The molecule has 1 aliphatic heterocycles. The molecule has 1 atom stereocenters. The van der Waals surface area contributed by atoms with E-state index in [9.17, 15) is 4.79 Å². The summed E-state index contributed by atoms with van der Waals surface area (Å²) in [5.74, 6) is 0.549. The topological polar surface area (TPSA) is 55.8 Å². The molecule has 5 nitrogen and oxygen atoms in total. The molecular weight excluding hydrogens is 230 g/mol. The Labute approximate surface area is 110 Å². The van der Waals surface area contributed by atoms with E-state index in [1.807, 2.05) is 0 Å². The van der Waals surface area contributed by atoms with Crippen LogP contribution in [0.3, 0.4) is 0 Å². The average molecular weight is 257 g/mol. The van der Waals surface area contributed by atoms with E-state index in [1.165, 1.54) is 24.3 Å². The molecule has 18 heavy (non-hydrogen) atoms. The van der Waals surface area contributed by atoms with Gasteiger partial charge in [-0.1, -0.05) is 0 Å².